The minimum atomic E-state index is -0.735. The molecular formula is C25H22N8O5. The third-order valence-electron chi connectivity index (χ3n) is 5.56. The first kappa shape index (κ1) is 24.8. The molecule has 0 bridgehead atoms. The van der Waals surface area contributed by atoms with Crippen LogP contribution in [0.25, 0.3) is 39.0 Å². The molecule has 0 unspecified atom stereocenters. The Morgan fingerprint density at radius 2 is 1.95 bits per heavy atom. The van der Waals surface area contributed by atoms with E-state index in [1.165, 1.54) is 6.92 Å². The van der Waals surface area contributed by atoms with E-state index in [0.29, 0.717) is 17.4 Å². The molecule has 0 aliphatic carbocycles. The van der Waals surface area contributed by atoms with Crippen LogP contribution in [0.15, 0.2) is 82.6 Å². The van der Waals surface area contributed by atoms with Crippen molar-refractivity contribution < 1.29 is 23.5 Å². The topological polar surface area (TPSA) is 163 Å². The maximum atomic E-state index is 11.1. The third kappa shape index (κ3) is 5.93. The second-order valence-electron chi connectivity index (χ2n) is 8.23. The highest BCUT2D eigenvalue weighted by Crippen LogP contribution is 2.23. The number of nitrogens with zero attached hydrogens (tertiary/aromatic N) is 8. The zero-order valence-corrected chi connectivity index (χ0v) is 20.2. The fourth-order valence-electron chi connectivity index (χ4n) is 3.69. The van der Waals surface area contributed by atoms with Crippen LogP contribution in [0.2, 0.25) is 0 Å². The van der Waals surface area contributed by atoms with Crippen LogP contribution >= 0.6 is 0 Å². The van der Waals surface area contributed by atoms with E-state index in [-0.39, 0.29) is 13.2 Å². The highest BCUT2D eigenvalue weighted by Gasteiger charge is 2.28. The largest absolute Gasteiger partial charge is 0.463 e. The first-order valence-corrected chi connectivity index (χ1v) is 11.6. The lowest BCUT2D eigenvalue weighted by Gasteiger charge is -2.29. The van der Waals surface area contributed by atoms with Gasteiger partial charge in [0.15, 0.2) is 6.29 Å². The van der Waals surface area contributed by atoms with Gasteiger partial charge in [-0.15, -0.1) is 5.10 Å². The van der Waals surface area contributed by atoms with Gasteiger partial charge >= 0.3 is 5.97 Å². The molecule has 0 amide bonds. The number of benzene rings is 2. The maximum Gasteiger partial charge on any atom is 0.302 e. The monoisotopic (exact) mass is 514 g/mol. The van der Waals surface area contributed by atoms with E-state index in [4.69, 9.17) is 24.3 Å². The third-order valence-corrected chi connectivity index (χ3v) is 5.56. The Morgan fingerprint density at radius 3 is 2.71 bits per heavy atom. The molecule has 0 radical (unpaired) electrons. The lowest BCUT2D eigenvalue weighted by molar-refractivity contribution is -0.176. The number of ether oxygens (including phenoxy) is 3. The van der Waals surface area contributed by atoms with Crippen molar-refractivity contribution in [3.8, 4) is 28.5 Å². The number of hydrogen-bond acceptors (Lipinski definition) is 10. The van der Waals surface area contributed by atoms with Crippen molar-refractivity contribution in [2.45, 2.75) is 32.0 Å². The second-order valence-corrected chi connectivity index (χ2v) is 8.23. The SMILES string of the molecule is CC(=O)OC[C@H]1O[C@H](OCc2cn(-c3ccc(-c4noc(-c5ccccc5)n4)cc3)nn2)C=C[C@@H]1N=[N+]=[N-]. The van der Waals surface area contributed by atoms with E-state index < -0.39 is 24.4 Å². The molecule has 38 heavy (non-hydrogen) atoms. The fourth-order valence-corrected chi connectivity index (χ4v) is 3.69. The van der Waals surface area contributed by atoms with Crippen LogP contribution in [0.3, 0.4) is 0 Å². The predicted octanol–water partition coefficient (Wildman–Crippen LogP) is 4.02. The summed E-state index contributed by atoms with van der Waals surface area (Å²) in [4.78, 5) is 18.4. The summed E-state index contributed by atoms with van der Waals surface area (Å²) in [6.07, 6.45) is 3.63. The van der Waals surface area contributed by atoms with E-state index in [2.05, 4.69) is 30.5 Å². The van der Waals surface area contributed by atoms with Gasteiger partial charge in [-0.05, 0) is 48.0 Å². The molecule has 1 aliphatic rings. The molecule has 0 N–H and O–H groups in total. The van der Waals surface area contributed by atoms with Crippen molar-refractivity contribution in [3.63, 3.8) is 0 Å². The van der Waals surface area contributed by atoms with E-state index in [9.17, 15) is 4.79 Å². The summed E-state index contributed by atoms with van der Waals surface area (Å²) in [6.45, 7) is 1.34. The van der Waals surface area contributed by atoms with E-state index in [1.807, 2.05) is 54.6 Å². The molecule has 0 saturated carbocycles. The average molecular weight is 515 g/mol. The lowest BCUT2D eigenvalue weighted by atomic mass is 10.1. The van der Waals surface area contributed by atoms with E-state index in [0.717, 1.165) is 16.8 Å². The summed E-state index contributed by atoms with van der Waals surface area (Å²) in [5, 5.41) is 16.0. The van der Waals surface area contributed by atoms with Crippen molar-refractivity contribution in [2.24, 2.45) is 5.11 Å². The first-order chi connectivity index (χ1) is 18.6. The number of carbonyl (C=O) groups is 1. The molecular weight excluding hydrogens is 492 g/mol. The quantitative estimate of drug-likeness (QED) is 0.105. The Labute approximate surface area is 216 Å². The highest BCUT2D eigenvalue weighted by atomic mass is 16.7. The van der Waals surface area contributed by atoms with Crippen LogP contribution in [0, 0.1) is 0 Å². The maximum absolute atomic E-state index is 11.1. The van der Waals surface area contributed by atoms with Crippen LogP contribution < -0.4 is 0 Å². The summed E-state index contributed by atoms with van der Waals surface area (Å²) >= 11 is 0. The Balaban J connectivity index is 1.20. The predicted molar refractivity (Wildman–Crippen MR) is 132 cm³/mol. The molecule has 13 nitrogen and oxygen atoms in total. The van der Waals surface area contributed by atoms with Crippen LogP contribution in [-0.4, -0.2) is 56.1 Å². The number of hydrogen-bond donors (Lipinski definition) is 0. The van der Waals surface area contributed by atoms with Crippen molar-refractivity contribution >= 4 is 5.97 Å². The van der Waals surface area contributed by atoms with Gasteiger partial charge in [0.05, 0.1) is 24.5 Å². The van der Waals surface area contributed by atoms with Gasteiger partial charge in [0, 0.05) is 23.0 Å². The van der Waals surface area contributed by atoms with E-state index >= 15 is 0 Å². The van der Waals surface area contributed by atoms with Crippen molar-refractivity contribution in [1.82, 2.24) is 25.1 Å². The highest BCUT2D eigenvalue weighted by molar-refractivity contribution is 5.66. The molecule has 2 aromatic carbocycles. The molecule has 5 rings (SSSR count). The van der Waals surface area contributed by atoms with Crippen LogP contribution in [0.5, 0.6) is 0 Å². The standard InChI is InChI=1S/C25H22N8O5/c1-16(34)35-15-22-21(29-31-26)11-12-23(37-22)36-14-19-13-33(32-28-19)20-9-7-17(8-10-20)24-27-25(38-30-24)18-5-3-2-4-6-18/h2-13,21-23H,14-15H2,1H3/t21-,22+,23-/m0/s1. The zero-order chi connectivity index (χ0) is 26.3. The summed E-state index contributed by atoms with van der Waals surface area (Å²) in [5.41, 5.74) is 11.8. The molecule has 13 heteroatoms. The number of azide groups is 1. The minimum Gasteiger partial charge on any atom is -0.463 e. The minimum absolute atomic E-state index is 0.0627. The summed E-state index contributed by atoms with van der Waals surface area (Å²) in [6, 6.07) is 16.4. The summed E-state index contributed by atoms with van der Waals surface area (Å²) in [7, 11) is 0. The number of carbonyl (C=O) groups excluding carboxylic acids is 1. The molecule has 3 atom stereocenters. The van der Waals surface area contributed by atoms with Gasteiger partial charge in [-0.2, -0.15) is 4.98 Å². The van der Waals surface area contributed by atoms with Gasteiger partial charge < -0.3 is 18.7 Å². The average Bonchev–Trinajstić information content (AvgIpc) is 3.63. The molecule has 3 heterocycles. The molecule has 192 valence electrons. The lowest BCUT2D eigenvalue weighted by Crippen LogP contribution is -2.38. The van der Waals surface area contributed by atoms with Crippen molar-refractivity contribution in [2.75, 3.05) is 6.61 Å². The summed E-state index contributed by atoms with van der Waals surface area (Å²) < 4.78 is 23.6. The Kier molecular flexibility index (Phi) is 7.50. The van der Waals surface area contributed by atoms with Crippen molar-refractivity contribution in [3.05, 3.63) is 89.1 Å². The van der Waals surface area contributed by atoms with Gasteiger partial charge in [-0.1, -0.05) is 39.8 Å². The fraction of sp³-hybridized carbons (Fsp3) is 0.240. The Morgan fingerprint density at radius 1 is 1.13 bits per heavy atom. The smallest absolute Gasteiger partial charge is 0.302 e. The summed E-state index contributed by atoms with van der Waals surface area (Å²) in [5.74, 6) is 0.478. The van der Waals surface area contributed by atoms with Crippen LogP contribution in [0.1, 0.15) is 12.6 Å². The molecule has 0 spiro atoms. The molecule has 0 fully saturated rings. The molecule has 2 aromatic heterocycles. The van der Waals surface area contributed by atoms with Crippen LogP contribution in [-0.2, 0) is 25.6 Å². The van der Waals surface area contributed by atoms with Gasteiger partial charge in [0.25, 0.3) is 5.89 Å². The molecule has 0 saturated heterocycles. The van der Waals surface area contributed by atoms with E-state index in [1.54, 1.807) is 23.0 Å². The second kappa shape index (κ2) is 11.5. The molecule has 4 aromatic rings. The number of esters is 1. The number of rotatable bonds is 9. The number of aromatic nitrogens is 5. The van der Waals surface area contributed by atoms with Gasteiger partial charge in [0.2, 0.25) is 5.82 Å². The normalized spacial score (nSPS) is 18.6. The Hall–Kier alpha value is -4.84. The van der Waals surface area contributed by atoms with Gasteiger partial charge in [-0.3, -0.25) is 4.79 Å². The van der Waals surface area contributed by atoms with Crippen molar-refractivity contribution in [1.29, 1.82) is 0 Å². The van der Waals surface area contributed by atoms with Crippen LogP contribution in [0.4, 0.5) is 0 Å². The van der Waals surface area contributed by atoms with Gasteiger partial charge in [0.1, 0.15) is 18.4 Å². The molecule has 1 aliphatic heterocycles. The zero-order valence-electron chi connectivity index (χ0n) is 20.2. The van der Waals surface area contributed by atoms with Gasteiger partial charge in [-0.25, -0.2) is 4.68 Å². The Bertz CT molecular complexity index is 1460. The first-order valence-electron chi connectivity index (χ1n) is 11.6.